The van der Waals surface area contributed by atoms with E-state index in [0.29, 0.717) is 23.6 Å². The van der Waals surface area contributed by atoms with E-state index in [1.807, 2.05) is 14.1 Å². The van der Waals surface area contributed by atoms with Crippen LogP contribution in [0.4, 0.5) is 11.8 Å². The third-order valence-electron chi connectivity index (χ3n) is 3.40. The second-order valence-corrected chi connectivity index (χ2v) is 4.82. The van der Waals surface area contributed by atoms with Crippen molar-refractivity contribution >= 4 is 22.9 Å². The highest BCUT2D eigenvalue weighted by Gasteiger charge is 2.19. The lowest BCUT2D eigenvalue weighted by atomic mass is 10.1. The average molecular weight is 248 g/mol. The van der Waals surface area contributed by atoms with E-state index in [9.17, 15) is 0 Å². The molecular weight excluding hydrogens is 228 g/mol. The molecule has 0 radical (unpaired) electrons. The molecule has 0 aliphatic carbocycles. The normalized spacial score (nSPS) is 13.0. The first-order valence-corrected chi connectivity index (χ1v) is 6.16. The van der Waals surface area contributed by atoms with E-state index in [4.69, 9.17) is 0 Å². The van der Waals surface area contributed by atoms with Crippen LogP contribution in [0.5, 0.6) is 0 Å². The van der Waals surface area contributed by atoms with Gasteiger partial charge in [-0.05, 0) is 12.8 Å². The van der Waals surface area contributed by atoms with Crippen molar-refractivity contribution in [1.29, 1.82) is 0 Å². The maximum atomic E-state index is 4.53. The number of imidazole rings is 1. The van der Waals surface area contributed by atoms with Gasteiger partial charge < -0.3 is 15.2 Å². The highest BCUT2D eigenvalue weighted by Crippen LogP contribution is 2.24. The van der Waals surface area contributed by atoms with E-state index in [1.165, 1.54) is 0 Å². The monoisotopic (exact) mass is 248 g/mol. The van der Waals surface area contributed by atoms with E-state index in [-0.39, 0.29) is 0 Å². The first kappa shape index (κ1) is 12.6. The van der Waals surface area contributed by atoms with Gasteiger partial charge in [0.2, 0.25) is 5.95 Å². The third-order valence-corrected chi connectivity index (χ3v) is 3.40. The summed E-state index contributed by atoms with van der Waals surface area (Å²) in [6.45, 7) is 6.59. The highest BCUT2D eigenvalue weighted by atomic mass is 15.2. The van der Waals surface area contributed by atoms with Gasteiger partial charge in [0, 0.05) is 20.1 Å². The molecule has 6 nitrogen and oxygen atoms in total. The maximum Gasteiger partial charge on any atom is 0.226 e. The summed E-state index contributed by atoms with van der Waals surface area (Å²) in [7, 11) is 3.86. The van der Waals surface area contributed by atoms with Crippen molar-refractivity contribution in [3.05, 3.63) is 6.33 Å². The quantitative estimate of drug-likeness (QED) is 0.864. The summed E-state index contributed by atoms with van der Waals surface area (Å²) in [5.74, 6) is 2.01. The zero-order valence-corrected chi connectivity index (χ0v) is 11.5. The van der Waals surface area contributed by atoms with E-state index in [0.717, 1.165) is 11.3 Å². The Balaban J connectivity index is 2.51. The van der Waals surface area contributed by atoms with Gasteiger partial charge in [0.15, 0.2) is 11.5 Å². The second-order valence-electron chi connectivity index (χ2n) is 4.82. The van der Waals surface area contributed by atoms with E-state index < -0.39 is 0 Å². The summed E-state index contributed by atoms with van der Waals surface area (Å²) in [4.78, 5) is 18.3. The molecule has 18 heavy (non-hydrogen) atoms. The van der Waals surface area contributed by atoms with Crippen molar-refractivity contribution < 1.29 is 0 Å². The molecule has 98 valence electrons. The number of rotatable bonds is 4. The van der Waals surface area contributed by atoms with Crippen molar-refractivity contribution in [2.75, 3.05) is 24.3 Å². The predicted molar refractivity (Wildman–Crippen MR) is 73.9 cm³/mol. The average Bonchev–Trinajstić information content (AvgIpc) is 2.83. The summed E-state index contributed by atoms with van der Waals surface area (Å²) < 4.78 is 0. The molecule has 0 spiro atoms. The molecule has 0 aliphatic heterocycles. The number of hydrogen-bond donors (Lipinski definition) is 2. The number of hydrogen-bond acceptors (Lipinski definition) is 5. The number of nitrogens with one attached hydrogen (secondary N) is 2. The van der Waals surface area contributed by atoms with Crippen LogP contribution < -0.4 is 10.2 Å². The molecule has 0 saturated carbocycles. The Bertz CT molecular complexity index is 532. The van der Waals surface area contributed by atoms with Gasteiger partial charge in [0.25, 0.3) is 0 Å². The minimum Gasteiger partial charge on any atom is -0.357 e. The Morgan fingerprint density at radius 2 is 2.00 bits per heavy atom. The topological polar surface area (TPSA) is 69.7 Å². The molecule has 0 bridgehead atoms. The minimum absolute atomic E-state index is 0.385. The third kappa shape index (κ3) is 2.10. The van der Waals surface area contributed by atoms with Crippen molar-refractivity contribution in [2.45, 2.75) is 26.8 Å². The SMILES string of the molecule is CNc1nc(N(C)C(C)C(C)C)c2[nH]cnc2n1. The van der Waals surface area contributed by atoms with Crippen LogP contribution in [-0.2, 0) is 0 Å². The molecule has 0 saturated heterocycles. The summed E-state index contributed by atoms with van der Waals surface area (Å²) in [5, 5.41) is 2.97. The van der Waals surface area contributed by atoms with Gasteiger partial charge in [0.1, 0.15) is 5.52 Å². The van der Waals surface area contributed by atoms with Crippen LogP contribution in [0.15, 0.2) is 6.33 Å². The second kappa shape index (κ2) is 4.80. The van der Waals surface area contributed by atoms with Gasteiger partial charge in [-0.15, -0.1) is 0 Å². The molecule has 2 rings (SSSR count). The zero-order valence-electron chi connectivity index (χ0n) is 11.5. The van der Waals surface area contributed by atoms with Crippen LogP contribution in [0.1, 0.15) is 20.8 Å². The van der Waals surface area contributed by atoms with Crippen molar-refractivity contribution in [3.8, 4) is 0 Å². The highest BCUT2D eigenvalue weighted by molar-refractivity contribution is 5.84. The Morgan fingerprint density at radius 1 is 1.28 bits per heavy atom. The number of anilines is 2. The summed E-state index contributed by atoms with van der Waals surface area (Å²) in [6, 6.07) is 0.385. The fourth-order valence-corrected chi connectivity index (χ4v) is 1.83. The standard InChI is InChI=1S/C12H20N6/c1-7(2)8(3)18(5)11-9-10(15-6-14-9)16-12(13-4)17-11/h6-8H,1-5H3,(H2,13,14,15,16,17). The number of aromatic nitrogens is 4. The van der Waals surface area contributed by atoms with Gasteiger partial charge >= 0.3 is 0 Å². The van der Waals surface area contributed by atoms with Gasteiger partial charge in [-0.2, -0.15) is 9.97 Å². The van der Waals surface area contributed by atoms with Gasteiger partial charge in [0.05, 0.1) is 6.33 Å². The number of H-pyrrole nitrogens is 1. The lowest BCUT2D eigenvalue weighted by Gasteiger charge is -2.29. The first-order valence-electron chi connectivity index (χ1n) is 6.16. The minimum atomic E-state index is 0.385. The van der Waals surface area contributed by atoms with Gasteiger partial charge in [-0.25, -0.2) is 4.98 Å². The summed E-state index contributed by atoms with van der Waals surface area (Å²) in [5.41, 5.74) is 1.57. The number of aromatic amines is 1. The first-order chi connectivity index (χ1) is 8.54. The van der Waals surface area contributed by atoms with Crippen molar-refractivity contribution in [2.24, 2.45) is 5.92 Å². The predicted octanol–water partition coefficient (Wildman–Crippen LogP) is 1.88. The van der Waals surface area contributed by atoms with Crippen LogP contribution >= 0.6 is 0 Å². The molecule has 0 aromatic carbocycles. The van der Waals surface area contributed by atoms with Gasteiger partial charge in [-0.1, -0.05) is 13.8 Å². The summed E-state index contributed by atoms with van der Waals surface area (Å²) >= 11 is 0. The smallest absolute Gasteiger partial charge is 0.226 e. The van der Waals surface area contributed by atoms with E-state index >= 15 is 0 Å². The Hall–Kier alpha value is -1.85. The largest absolute Gasteiger partial charge is 0.357 e. The van der Waals surface area contributed by atoms with Crippen LogP contribution in [-0.4, -0.2) is 40.1 Å². The maximum absolute atomic E-state index is 4.53. The fourth-order valence-electron chi connectivity index (χ4n) is 1.83. The van der Waals surface area contributed by atoms with E-state index in [2.05, 4.69) is 50.9 Å². The number of nitrogens with zero attached hydrogens (tertiary/aromatic N) is 4. The molecule has 6 heteroatoms. The van der Waals surface area contributed by atoms with E-state index in [1.54, 1.807) is 6.33 Å². The lowest BCUT2D eigenvalue weighted by Crippen LogP contribution is -2.34. The molecule has 1 unspecified atom stereocenters. The van der Waals surface area contributed by atoms with Crippen molar-refractivity contribution in [1.82, 2.24) is 19.9 Å². The Morgan fingerprint density at radius 3 is 2.61 bits per heavy atom. The molecule has 2 N–H and O–H groups in total. The van der Waals surface area contributed by atoms with Crippen LogP contribution in [0.25, 0.3) is 11.2 Å². The Labute approximate surface area is 107 Å². The molecule has 2 aromatic heterocycles. The molecule has 0 aliphatic rings. The molecule has 0 fully saturated rings. The molecule has 2 aromatic rings. The van der Waals surface area contributed by atoms with Gasteiger partial charge in [-0.3, -0.25) is 0 Å². The van der Waals surface area contributed by atoms with Crippen molar-refractivity contribution in [3.63, 3.8) is 0 Å². The fraction of sp³-hybridized carbons (Fsp3) is 0.583. The van der Waals surface area contributed by atoms with Crippen LogP contribution in [0.3, 0.4) is 0 Å². The Kier molecular flexibility index (Phi) is 3.36. The molecular formula is C12H20N6. The molecule has 1 atom stereocenters. The number of fused-ring (bicyclic) bond motifs is 1. The van der Waals surface area contributed by atoms with Crippen LogP contribution in [0.2, 0.25) is 0 Å². The van der Waals surface area contributed by atoms with Crippen LogP contribution in [0, 0.1) is 5.92 Å². The molecule has 2 heterocycles. The molecule has 0 amide bonds. The lowest BCUT2D eigenvalue weighted by molar-refractivity contribution is 0.503. The zero-order chi connectivity index (χ0) is 13.3. The summed E-state index contributed by atoms with van der Waals surface area (Å²) in [6.07, 6.45) is 1.65.